The fraction of sp³-hybridized carbons (Fsp3) is 0.231. The van der Waals surface area contributed by atoms with Crippen LogP contribution in [0.5, 0.6) is 5.75 Å². The fourth-order valence-electron chi connectivity index (χ4n) is 3.99. The minimum Gasteiger partial charge on any atom is -0.489 e. The van der Waals surface area contributed by atoms with Crippen LogP contribution < -0.4 is 4.74 Å². The number of fused-ring (bicyclic) bond motifs is 1. The van der Waals surface area contributed by atoms with Crippen LogP contribution in [0.4, 0.5) is 0 Å². The lowest BCUT2D eigenvalue weighted by atomic mass is 10.1. The largest absolute Gasteiger partial charge is 0.489 e. The van der Waals surface area contributed by atoms with Gasteiger partial charge in [0.25, 0.3) is 0 Å². The van der Waals surface area contributed by atoms with Crippen molar-refractivity contribution in [2.24, 2.45) is 0 Å². The summed E-state index contributed by atoms with van der Waals surface area (Å²) in [5, 5.41) is 9.59. The molecule has 0 N–H and O–H groups in total. The predicted molar refractivity (Wildman–Crippen MR) is 125 cm³/mol. The molecule has 1 aromatic heterocycles. The van der Waals surface area contributed by atoms with E-state index in [2.05, 4.69) is 29.2 Å². The molecule has 162 valence electrons. The number of rotatable bonds is 7. The molecular weight excluding hydrogens is 400 g/mol. The van der Waals surface area contributed by atoms with Gasteiger partial charge < -0.3 is 9.47 Å². The normalized spacial score (nSPS) is 15.9. The van der Waals surface area contributed by atoms with E-state index in [0.717, 1.165) is 41.0 Å². The molecule has 0 radical (unpaired) electrons. The first-order chi connectivity index (χ1) is 15.9. The van der Waals surface area contributed by atoms with Gasteiger partial charge in [-0.1, -0.05) is 66.7 Å². The van der Waals surface area contributed by atoms with Gasteiger partial charge in [-0.2, -0.15) is 15.0 Å². The molecule has 1 atom stereocenters. The topological polar surface area (TPSA) is 52.4 Å². The Hall–Kier alpha value is -3.48. The highest BCUT2D eigenvalue weighted by Crippen LogP contribution is 2.31. The molecule has 2 heterocycles. The Kier molecular flexibility index (Phi) is 6.23. The smallest absolute Gasteiger partial charge is 0.153 e. The van der Waals surface area contributed by atoms with Gasteiger partial charge in [0.2, 0.25) is 0 Å². The van der Waals surface area contributed by atoms with E-state index in [4.69, 9.17) is 19.7 Å². The lowest BCUT2D eigenvalue weighted by molar-refractivity contribution is 0.00263. The van der Waals surface area contributed by atoms with Crippen LogP contribution in [-0.2, 0) is 4.74 Å². The Labute approximate surface area is 187 Å². The Bertz CT molecular complexity index is 1150. The highest BCUT2D eigenvalue weighted by molar-refractivity contribution is 5.73. The molecule has 1 saturated heterocycles. The highest BCUT2D eigenvalue weighted by atomic mass is 16.5. The molecule has 32 heavy (non-hydrogen) atoms. The van der Waals surface area contributed by atoms with E-state index in [-0.39, 0.29) is 6.17 Å². The number of morpholine rings is 1. The lowest BCUT2D eigenvalue weighted by Gasteiger charge is -2.34. The second kappa shape index (κ2) is 9.77. The summed E-state index contributed by atoms with van der Waals surface area (Å²) in [6, 6.07) is 26.4. The van der Waals surface area contributed by atoms with Crippen LogP contribution >= 0.6 is 0 Å². The van der Waals surface area contributed by atoms with Crippen molar-refractivity contribution in [2.45, 2.75) is 6.17 Å². The zero-order valence-corrected chi connectivity index (χ0v) is 17.9. The third-order valence-electron chi connectivity index (χ3n) is 5.55. The van der Waals surface area contributed by atoms with Crippen LogP contribution in [0.25, 0.3) is 17.1 Å². The third-order valence-corrected chi connectivity index (χ3v) is 5.55. The van der Waals surface area contributed by atoms with Gasteiger partial charge in [-0.05, 0) is 29.8 Å². The summed E-state index contributed by atoms with van der Waals surface area (Å²) in [7, 11) is 0. The molecule has 5 rings (SSSR count). The quantitative estimate of drug-likeness (QED) is 0.438. The van der Waals surface area contributed by atoms with Gasteiger partial charge in [-0.15, -0.1) is 0 Å². The molecule has 6 heteroatoms. The number of aromatic nitrogens is 3. The van der Waals surface area contributed by atoms with E-state index in [1.165, 1.54) is 0 Å². The summed E-state index contributed by atoms with van der Waals surface area (Å²) in [6.07, 6.45) is 3.95. The second-order valence-electron chi connectivity index (χ2n) is 7.69. The molecule has 1 aliphatic rings. The van der Waals surface area contributed by atoms with Crippen LogP contribution in [-0.4, -0.2) is 52.8 Å². The van der Waals surface area contributed by atoms with Gasteiger partial charge in [0, 0.05) is 18.7 Å². The molecule has 0 aliphatic carbocycles. The molecule has 0 saturated carbocycles. The summed E-state index contributed by atoms with van der Waals surface area (Å²) in [5.74, 6) is 0.836. The Morgan fingerprint density at radius 2 is 1.50 bits per heavy atom. The maximum Gasteiger partial charge on any atom is 0.153 e. The van der Waals surface area contributed by atoms with Crippen molar-refractivity contribution in [3.63, 3.8) is 0 Å². The molecular formula is C26H26N4O2. The first-order valence-corrected chi connectivity index (χ1v) is 11.0. The van der Waals surface area contributed by atoms with Crippen molar-refractivity contribution < 1.29 is 9.47 Å². The van der Waals surface area contributed by atoms with E-state index in [0.29, 0.717) is 19.8 Å². The summed E-state index contributed by atoms with van der Waals surface area (Å²) in [6.45, 7) is 3.49. The maximum absolute atomic E-state index is 6.21. The Morgan fingerprint density at radius 1 is 0.844 bits per heavy atom. The number of nitrogens with zero attached hydrogens (tertiary/aromatic N) is 4. The lowest BCUT2D eigenvalue weighted by Crippen LogP contribution is -2.42. The Morgan fingerprint density at radius 3 is 2.25 bits per heavy atom. The van der Waals surface area contributed by atoms with Crippen molar-refractivity contribution in [3.05, 3.63) is 96.1 Å². The van der Waals surface area contributed by atoms with Gasteiger partial charge in [-0.3, -0.25) is 4.90 Å². The van der Waals surface area contributed by atoms with Crippen molar-refractivity contribution in [1.29, 1.82) is 0 Å². The van der Waals surface area contributed by atoms with E-state index < -0.39 is 0 Å². The monoisotopic (exact) mass is 426 g/mol. The summed E-state index contributed by atoms with van der Waals surface area (Å²) >= 11 is 0. The highest BCUT2D eigenvalue weighted by Gasteiger charge is 2.28. The zero-order valence-electron chi connectivity index (χ0n) is 17.9. The van der Waals surface area contributed by atoms with Gasteiger partial charge in [0.15, 0.2) is 6.17 Å². The van der Waals surface area contributed by atoms with E-state index in [1.807, 2.05) is 71.5 Å². The van der Waals surface area contributed by atoms with E-state index in [9.17, 15) is 0 Å². The molecule has 0 spiro atoms. The zero-order chi connectivity index (χ0) is 21.6. The van der Waals surface area contributed by atoms with Crippen molar-refractivity contribution >= 4 is 17.1 Å². The third kappa shape index (κ3) is 4.56. The van der Waals surface area contributed by atoms with E-state index >= 15 is 0 Å². The molecule has 0 bridgehead atoms. The minimum atomic E-state index is -0.166. The van der Waals surface area contributed by atoms with Gasteiger partial charge >= 0.3 is 0 Å². The number of benzene rings is 3. The minimum absolute atomic E-state index is 0.166. The fourth-order valence-corrected chi connectivity index (χ4v) is 3.99. The number of hydrogen-bond acceptors (Lipinski definition) is 5. The molecule has 6 nitrogen and oxygen atoms in total. The second-order valence-corrected chi connectivity index (χ2v) is 7.69. The standard InChI is InChI=1S/C26H26N4O2/c1-2-9-21(10-3-1)11-8-18-32-25-15-7-4-12-22(25)26(29-16-19-31-20-17-29)30-27-23-13-5-6-14-24(23)28-30/h1-15,26H,16-20H2/b11-8+/t26-/m1/s1. The SMILES string of the molecule is C(=C\c1ccccc1)/COc1ccccc1[C@H](N1CCOCC1)n1nc2ccccc2n1. The van der Waals surface area contributed by atoms with Crippen molar-refractivity contribution in [2.75, 3.05) is 32.9 Å². The molecule has 1 aliphatic heterocycles. The van der Waals surface area contributed by atoms with Crippen LogP contribution in [0.15, 0.2) is 84.9 Å². The summed E-state index contributed by atoms with van der Waals surface area (Å²) in [4.78, 5) is 4.17. The molecule has 1 fully saturated rings. The average molecular weight is 427 g/mol. The molecule has 4 aromatic rings. The average Bonchev–Trinajstić information content (AvgIpc) is 3.28. The van der Waals surface area contributed by atoms with Gasteiger partial charge in [0.1, 0.15) is 23.4 Å². The van der Waals surface area contributed by atoms with Crippen LogP contribution in [0.1, 0.15) is 17.3 Å². The van der Waals surface area contributed by atoms with Crippen LogP contribution in [0.2, 0.25) is 0 Å². The number of ether oxygens (including phenoxy) is 2. The maximum atomic E-state index is 6.21. The summed E-state index contributed by atoms with van der Waals surface area (Å²) < 4.78 is 11.8. The predicted octanol–water partition coefficient (Wildman–Crippen LogP) is 4.40. The van der Waals surface area contributed by atoms with Gasteiger partial charge in [0.05, 0.1) is 13.2 Å². The van der Waals surface area contributed by atoms with Crippen LogP contribution in [0, 0.1) is 0 Å². The molecule has 0 unspecified atom stereocenters. The first kappa shape index (κ1) is 20.4. The first-order valence-electron chi connectivity index (χ1n) is 11.0. The summed E-state index contributed by atoms with van der Waals surface area (Å²) in [5.41, 5.74) is 3.97. The number of para-hydroxylation sites is 1. The van der Waals surface area contributed by atoms with Gasteiger partial charge in [-0.25, -0.2) is 0 Å². The van der Waals surface area contributed by atoms with Crippen molar-refractivity contribution in [1.82, 2.24) is 19.9 Å². The molecule has 3 aromatic carbocycles. The number of hydrogen-bond donors (Lipinski definition) is 0. The van der Waals surface area contributed by atoms with Crippen molar-refractivity contribution in [3.8, 4) is 5.75 Å². The van der Waals surface area contributed by atoms with E-state index in [1.54, 1.807) is 0 Å². The Balaban J connectivity index is 1.44. The van der Waals surface area contributed by atoms with Crippen LogP contribution in [0.3, 0.4) is 0 Å². The molecule has 0 amide bonds.